The fraction of sp³-hybridized carbons (Fsp3) is 1.00. The quantitative estimate of drug-likeness (QED) is 0.512. The van der Waals surface area contributed by atoms with E-state index in [2.05, 4.69) is 9.24 Å². The van der Waals surface area contributed by atoms with E-state index in [0.717, 1.165) is 11.1 Å². The molecule has 2 aliphatic rings. The molecule has 0 bridgehead atoms. The fourth-order valence-corrected chi connectivity index (χ4v) is 3.24. The summed E-state index contributed by atoms with van der Waals surface area (Å²) in [4.78, 5) is 0. The highest BCUT2D eigenvalue weighted by molar-refractivity contribution is 7.19. The zero-order valence-corrected chi connectivity index (χ0v) is 7.76. The molecule has 0 N–H and O–H groups in total. The molecule has 1 unspecified atom stereocenters. The van der Waals surface area contributed by atoms with Gasteiger partial charge < -0.3 is 0 Å². The average molecular weight is 156 g/mol. The summed E-state index contributed by atoms with van der Waals surface area (Å²) in [5.41, 5.74) is 0. The van der Waals surface area contributed by atoms with Crippen LogP contribution >= 0.6 is 9.24 Å². The Bertz CT molecular complexity index is 121. The van der Waals surface area contributed by atoms with Gasteiger partial charge >= 0.3 is 0 Å². The molecule has 0 aromatic rings. The summed E-state index contributed by atoms with van der Waals surface area (Å²) in [6.07, 6.45) is 10.5. The molecule has 0 amide bonds. The molecule has 0 saturated heterocycles. The smallest absolute Gasteiger partial charge is 0.0122 e. The minimum absolute atomic E-state index is 0.719. The van der Waals surface area contributed by atoms with Crippen LogP contribution in [0.25, 0.3) is 0 Å². The van der Waals surface area contributed by atoms with Crippen molar-refractivity contribution in [3.8, 4) is 0 Å². The highest BCUT2D eigenvalue weighted by Crippen LogP contribution is 2.51. The van der Waals surface area contributed by atoms with E-state index in [1.165, 1.54) is 44.9 Å². The Kier molecular flexibility index (Phi) is 1.76. The Morgan fingerprint density at radius 1 is 1.00 bits per heavy atom. The third kappa shape index (κ3) is 1.01. The lowest BCUT2D eigenvalue weighted by Gasteiger charge is -2.43. The molecule has 0 nitrogen and oxygen atoms in total. The maximum atomic E-state index is 3.12. The molecular formula is C9H17P. The first-order chi connectivity index (χ1) is 4.81. The van der Waals surface area contributed by atoms with Gasteiger partial charge in [0.05, 0.1) is 0 Å². The van der Waals surface area contributed by atoms with Crippen molar-refractivity contribution in [1.29, 1.82) is 0 Å². The average Bonchev–Trinajstić information content (AvgIpc) is 2.33. The van der Waals surface area contributed by atoms with Crippen molar-refractivity contribution in [2.45, 2.75) is 50.1 Å². The predicted molar refractivity (Wildman–Crippen MR) is 48.3 cm³/mol. The van der Waals surface area contributed by atoms with E-state index in [9.17, 15) is 0 Å². The van der Waals surface area contributed by atoms with E-state index >= 15 is 0 Å². The van der Waals surface area contributed by atoms with Crippen LogP contribution in [0, 0.1) is 5.92 Å². The molecule has 0 radical (unpaired) electrons. The van der Waals surface area contributed by atoms with Crippen LogP contribution in [0.3, 0.4) is 0 Å². The molecule has 10 heavy (non-hydrogen) atoms. The Hall–Kier alpha value is 0.430. The zero-order valence-electron chi connectivity index (χ0n) is 6.60. The van der Waals surface area contributed by atoms with Crippen LogP contribution in [-0.2, 0) is 0 Å². The second-order valence-electron chi connectivity index (χ2n) is 4.07. The van der Waals surface area contributed by atoms with Gasteiger partial charge in [-0.2, -0.15) is 0 Å². The number of rotatable bonds is 1. The lowest BCUT2D eigenvalue weighted by molar-refractivity contribution is 0.251. The molecule has 0 aromatic carbocycles. The van der Waals surface area contributed by atoms with Crippen molar-refractivity contribution >= 4 is 9.24 Å². The third-order valence-corrected chi connectivity index (χ3v) is 4.50. The van der Waals surface area contributed by atoms with Gasteiger partial charge in [0.25, 0.3) is 0 Å². The molecule has 0 heterocycles. The Morgan fingerprint density at radius 3 is 2.00 bits per heavy atom. The lowest BCUT2D eigenvalue weighted by Crippen LogP contribution is -2.36. The maximum absolute atomic E-state index is 3.12. The molecule has 1 heteroatoms. The normalized spacial score (nSPS) is 32.1. The van der Waals surface area contributed by atoms with E-state index in [1.54, 1.807) is 0 Å². The topological polar surface area (TPSA) is 0 Å². The van der Waals surface area contributed by atoms with Gasteiger partial charge in [0, 0.05) is 0 Å². The highest BCUT2D eigenvalue weighted by Gasteiger charge is 2.40. The SMILES string of the molecule is PC1(C2CCCC2)CCC1. The first-order valence-corrected chi connectivity index (χ1v) is 5.18. The van der Waals surface area contributed by atoms with E-state index in [0.29, 0.717) is 0 Å². The summed E-state index contributed by atoms with van der Waals surface area (Å²) in [6, 6.07) is 0. The largest absolute Gasteiger partial charge is 0.131 e. The summed E-state index contributed by atoms with van der Waals surface area (Å²) in [7, 11) is 3.12. The van der Waals surface area contributed by atoms with Crippen LogP contribution in [0.1, 0.15) is 44.9 Å². The summed E-state index contributed by atoms with van der Waals surface area (Å²) >= 11 is 0. The standard InChI is InChI=1S/C9H17P/c10-9(6-3-7-9)8-4-1-2-5-8/h8H,1-7,10H2. The molecule has 0 aliphatic heterocycles. The van der Waals surface area contributed by atoms with Crippen molar-refractivity contribution < 1.29 is 0 Å². The van der Waals surface area contributed by atoms with Crippen molar-refractivity contribution in [3.63, 3.8) is 0 Å². The van der Waals surface area contributed by atoms with Gasteiger partial charge in [-0.25, -0.2) is 0 Å². The third-order valence-electron chi connectivity index (χ3n) is 3.45. The first-order valence-electron chi connectivity index (χ1n) is 4.60. The minimum atomic E-state index is 0.719. The second-order valence-corrected chi connectivity index (χ2v) is 5.22. The molecule has 2 rings (SSSR count). The van der Waals surface area contributed by atoms with Gasteiger partial charge in [-0.15, -0.1) is 9.24 Å². The van der Waals surface area contributed by atoms with E-state index in [1.807, 2.05) is 0 Å². The predicted octanol–water partition coefficient (Wildman–Crippen LogP) is 2.97. The van der Waals surface area contributed by atoms with Crippen LogP contribution in [0.5, 0.6) is 0 Å². The molecule has 2 aliphatic carbocycles. The summed E-state index contributed by atoms with van der Waals surface area (Å²) in [5.74, 6) is 1.08. The maximum Gasteiger partial charge on any atom is -0.0122 e. The van der Waals surface area contributed by atoms with E-state index in [4.69, 9.17) is 0 Å². The molecular weight excluding hydrogens is 139 g/mol. The summed E-state index contributed by atoms with van der Waals surface area (Å²) in [6.45, 7) is 0. The number of hydrogen-bond acceptors (Lipinski definition) is 0. The zero-order chi connectivity index (χ0) is 7.03. The summed E-state index contributed by atoms with van der Waals surface area (Å²) < 4.78 is 0. The number of hydrogen-bond donors (Lipinski definition) is 0. The lowest BCUT2D eigenvalue weighted by atomic mass is 9.74. The van der Waals surface area contributed by atoms with Crippen molar-refractivity contribution in [1.82, 2.24) is 0 Å². The van der Waals surface area contributed by atoms with Gasteiger partial charge in [0.1, 0.15) is 0 Å². The van der Waals surface area contributed by atoms with Crippen LogP contribution < -0.4 is 0 Å². The van der Waals surface area contributed by atoms with E-state index < -0.39 is 0 Å². The Balaban J connectivity index is 1.96. The van der Waals surface area contributed by atoms with Crippen LogP contribution in [0.4, 0.5) is 0 Å². The summed E-state index contributed by atoms with van der Waals surface area (Å²) in [5, 5.41) is 0.719. The van der Waals surface area contributed by atoms with Gasteiger partial charge in [-0.1, -0.05) is 19.3 Å². The Morgan fingerprint density at radius 2 is 1.60 bits per heavy atom. The molecule has 2 saturated carbocycles. The van der Waals surface area contributed by atoms with E-state index in [-0.39, 0.29) is 0 Å². The van der Waals surface area contributed by atoms with Crippen molar-refractivity contribution in [2.24, 2.45) is 5.92 Å². The van der Waals surface area contributed by atoms with Crippen molar-refractivity contribution in [2.75, 3.05) is 0 Å². The second kappa shape index (κ2) is 2.48. The molecule has 58 valence electrons. The van der Waals surface area contributed by atoms with Crippen molar-refractivity contribution in [3.05, 3.63) is 0 Å². The molecule has 1 atom stereocenters. The minimum Gasteiger partial charge on any atom is -0.131 e. The van der Waals surface area contributed by atoms with Crippen LogP contribution in [0.2, 0.25) is 0 Å². The molecule has 0 spiro atoms. The Labute approximate surface area is 66.0 Å². The first kappa shape index (κ1) is 7.10. The van der Waals surface area contributed by atoms with Gasteiger partial charge in [0.2, 0.25) is 0 Å². The highest BCUT2D eigenvalue weighted by atomic mass is 31.0. The van der Waals surface area contributed by atoms with Gasteiger partial charge in [-0.05, 0) is 36.8 Å². The monoisotopic (exact) mass is 156 g/mol. The molecule has 0 aromatic heterocycles. The van der Waals surface area contributed by atoms with Gasteiger partial charge in [-0.3, -0.25) is 0 Å². The van der Waals surface area contributed by atoms with Gasteiger partial charge in [0.15, 0.2) is 0 Å². The molecule has 2 fully saturated rings. The van der Waals surface area contributed by atoms with Crippen LogP contribution in [-0.4, -0.2) is 5.16 Å². The van der Waals surface area contributed by atoms with Crippen LogP contribution in [0.15, 0.2) is 0 Å². The fourth-order valence-electron chi connectivity index (χ4n) is 2.49.